The minimum Gasteiger partial charge on any atom is -0.463 e. The van der Waals surface area contributed by atoms with Crippen LogP contribution in [-0.2, 0) is 32.2 Å². The van der Waals surface area contributed by atoms with Gasteiger partial charge < -0.3 is 25.2 Å². The molecule has 4 amide bonds. The second kappa shape index (κ2) is 13.0. The van der Waals surface area contributed by atoms with E-state index in [1.54, 1.807) is 62.9 Å². The van der Waals surface area contributed by atoms with Crippen LogP contribution in [0.4, 0.5) is 9.59 Å². The van der Waals surface area contributed by atoms with Gasteiger partial charge in [-0.05, 0) is 61.4 Å². The van der Waals surface area contributed by atoms with Crippen molar-refractivity contribution in [1.82, 2.24) is 30.4 Å². The molecule has 0 radical (unpaired) electrons. The molecule has 2 aromatic heterocycles. The Morgan fingerprint density at radius 2 is 1.24 bits per heavy atom. The summed E-state index contributed by atoms with van der Waals surface area (Å²) in [5, 5.41) is 12.1. The predicted molar refractivity (Wildman–Crippen MR) is 162 cm³/mol. The molecule has 3 aliphatic heterocycles. The lowest BCUT2D eigenvalue weighted by atomic mass is 9.93. The second-order valence-electron chi connectivity index (χ2n) is 10.00. The number of aromatic nitrogens is 2. The first kappa shape index (κ1) is 31.5. The number of amides is 4. The molecule has 234 valence electrons. The van der Waals surface area contributed by atoms with Crippen molar-refractivity contribution in [2.75, 3.05) is 20.3 Å². The van der Waals surface area contributed by atoms with Gasteiger partial charge in [0.15, 0.2) is 0 Å². The number of hydrogen-bond donors (Lipinski definition) is 3. The fourth-order valence-electron chi connectivity index (χ4n) is 5.72. The third-order valence-corrected chi connectivity index (χ3v) is 7.59. The van der Waals surface area contributed by atoms with Crippen molar-refractivity contribution in [1.29, 1.82) is 0 Å². The van der Waals surface area contributed by atoms with Crippen molar-refractivity contribution >= 4 is 24.0 Å². The predicted octanol–water partition coefficient (Wildman–Crippen LogP) is 1.47. The molecule has 0 aliphatic carbocycles. The molecule has 5 heterocycles. The van der Waals surface area contributed by atoms with Crippen molar-refractivity contribution in [2.24, 2.45) is 0 Å². The highest BCUT2D eigenvalue weighted by Gasteiger charge is 2.82. The van der Waals surface area contributed by atoms with Crippen LogP contribution in [0.25, 0.3) is 0 Å². The van der Waals surface area contributed by atoms with Crippen molar-refractivity contribution in [3.8, 4) is 23.7 Å². The van der Waals surface area contributed by atoms with Crippen LogP contribution in [0.5, 0.6) is 0 Å². The first-order chi connectivity index (χ1) is 22.4. The van der Waals surface area contributed by atoms with Crippen molar-refractivity contribution in [3.05, 3.63) is 94.6 Å². The summed E-state index contributed by atoms with van der Waals surface area (Å²) in [5.74, 6) is 10.5. The number of fused-ring (bicyclic) bond motifs is 1. The molecule has 0 spiro atoms. The fraction of sp³-hybridized carbons (Fsp3) is 0.273. The molecule has 3 aromatic rings. The van der Waals surface area contributed by atoms with Crippen LogP contribution in [0.15, 0.2) is 61.2 Å². The van der Waals surface area contributed by atoms with Gasteiger partial charge in [-0.1, -0.05) is 23.7 Å². The van der Waals surface area contributed by atoms with Gasteiger partial charge in [0, 0.05) is 54.2 Å². The highest BCUT2D eigenvalue weighted by atomic mass is 16.5. The van der Waals surface area contributed by atoms with E-state index in [1.165, 1.54) is 0 Å². The molecule has 13 heteroatoms. The SMILES string of the molecule is CCOC(=O)C12NC(=O)N3Cc4c(C#Cc5cccnc5)ccc(C#Cc5cccnc5)c4CN(C(=O)N1)C32C(=O)OCC.CO. The van der Waals surface area contributed by atoms with Crippen molar-refractivity contribution < 1.29 is 33.8 Å². The Balaban J connectivity index is 0.00000204. The number of pyridine rings is 2. The van der Waals surface area contributed by atoms with Crippen molar-refractivity contribution in [2.45, 2.75) is 38.3 Å². The molecule has 0 saturated carbocycles. The summed E-state index contributed by atoms with van der Waals surface area (Å²) >= 11 is 0. The summed E-state index contributed by atoms with van der Waals surface area (Å²) in [6.07, 6.45) is 6.53. The van der Waals surface area contributed by atoms with Gasteiger partial charge in [-0.15, -0.1) is 0 Å². The van der Waals surface area contributed by atoms with Crippen LogP contribution in [-0.4, -0.2) is 80.5 Å². The first-order valence-corrected chi connectivity index (χ1v) is 14.3. The molecular formula is C33H30N6O7. The number of carbonyl (C=O) groups excluding carboxylic acids is 4. The van der Waals surface area contributed by atoms with Crippen molar-refractivity contribution in [3.63, 3.8) is 0 Å². The summed E-state index contributed by atoms with van der Waals surface area (Å²) in [4.78, 5) is 65.5. The Labute approximate surface area is 264 Å². The van der Waals surface area contributed by atoms with Crippen LogP contribution < -0.4 is 10.6 Å². The molecule has 0 atom stereocenters. The van der Waals surface area contributed by atoms with E-state index in [1.807, 2.05) is 12.1 Å². The van der Waals surface area contributed by atoms with E-state index in [4.69, 9.17) is 14.6 Å². The summed E-state index contributed by atoms with van der Waals surface area (Å²) in [7, 11) is 1.00. The summed E-state index contributed by atoms with van der Waals surface area (Å²) in [6.45, 7) is 2.64. The molecule has 13 nitrogen and oxygen atoms in total. The largest absolute Gasteiger partial charge is 0.463 e. The zero-order chi connectivity index (χ0) is 32.9. The zero-order valence-corrected chi connectivity index (χ0v) is 25.3. The number of urea groups is 2. The lowest BCUT2D eigenvalue weighted by Crippen LogP contribution is -2.74. The Bertz CT molecular complexity index is 1700. The summed E-state index contributed by atoms with van der Waals surface area (Å²) < 4.78 is 10.8. The van der Waals surface area contributed by atoms with E-state index in [-0.39, 0.29) is 26.3 Å². The van der Waals surface area contributed by atoms with Gasteiger partial charge in [-0.25, -0.2) is 19.2 Å². The van der Waals surface area contributed by atoms with Gasteiger partial charge in [-0.3, -0.25) is 19.8 Å². The van der Waals surface area contributed by atoms with Gasteiger partial charge in [0.25, 0.3) is 11.3 Å². The summed E-state index contributed by atoms with van der Waals surface area (Å²) in [5.41, 5.74) is -0.994. The quantitative estimate of drug-likeness (QED) is 0.289. The van der Waals surface area contributed by atoms with Gasteiger partial charge in [0.1, 0.15) is 0 Å². The van der Waals surface area contributed by atoms with Gasteiger partial charge in [0.2, 0.25) is 0 Å². The van der Waals surface area contributed by atoms with Crippen LogP contribution in [0.1, 0.15) is 47.2 Å². The van der Waals surface area contributed by atoms with E-state index in [0.717, 1.165) is 16.9 Å². The lowest BCUT2D eigenvalue weighted by Gasteiger charge is -2.40. The molecule has 46 heavy (non-hydrogen) atoms. The highest BCUT2D eigenvalue weighted by Crippen LogP contribution is 2.47. The minimum absolute atomic E-state index is 0.0619. The topological polar surface area (TPSA) is 163 Å². The molecule has 2 fully saturated rings. The highest BCUT2D eigenvalue weighted by molar-refractivity contribution is 6.09. The monoisotopic (exact) mass is 622 g/mol. The van der Waals surface area contributed by atoms with Gasteiger partial charge in [0.05, 0.1) is 26.3 Å². The number of carbonyl (C=O) groups is 4. The van der Waals surface area contributed by atoms with Gasteiger partial charge >= 0.3 is 24.0 Å². The number of aliphatic hydroxyl groups excluding tert-OH is 1. The maximum absolute atomic E-state index is 14.0. The van der Waals surface area contributed by atoms with Crippen LogP contribution in [0, 0.1) is 23.7 Å². The number of aliphatic hydroxyl groups is 1. The molecule has 6 rings (SSSR count). The molecule has 2 saturated heterocycles. The smallest absolute Gasteiger partial charge is 0.358 e. The Hall–Kier alpha value is -5.92. The number of rotatable bonds is 4. The number of nitrogens with one attached hydrogen (secondary N) is 2. The number of esters is 2. The standard InChI is InChI=1S/C32H26N6O6.CH4O/c1-3-43-27(39)31-32(28(40)44-4-2)37(29(41)35-31)19-25-23(11-9-21-7-5-15-33-17-21)13-14-24(12-10-22-8-6-16-34-18-22)26(25)20-38(32)30(42)36-31;1-2/h5-8,13-18H,3-4,19-20H2,1-2H3,(H,35,41)(H,36,42);2H,1H3. The summed E-state index contributed by atoms with van der Waals surface area (Å²) in [6, 6.07) is 9.14. The van der Waals surface area contributed by atoms with E-state index in [2.05, 4.69) is 44.3 Å². The number of hydrogen-bond acceptors (Lipinski definition) is 9. The van der Waals surface area contributed by atoms with E-state index < -0.39 is 35.3 Å². The molecule has 0 bridgehead atoms. The molecule has 1 aromatic carbocycles. The average Bonchev–Trinajstić information content (AvgIpc) is 3.37. The molecular weight excluding hydrogens is 592 g/mol. The zero-order valence-electron chi connectivity index (χ0n) is 25.3. The van der Waals surface area contributed by atoms with Gasteiger partial charge in [-0.2, -0.15) is 0 Å². The number of benzene rings is 1. The van der Waals surface area contributed by atoms with Crippen LogP contribution in [0.2, 0.25) is 0 Å². The van der Waals surface area contributed by atoms with Crippen LogP contribution >= 0.6 is 0 Å². The second-order valence-corrected chi connectivity index (χ2v) is 10.00. The molecule has 3 aliphatic rings. The maximum atomic E-state index is 14.0. The minimum atomic E-state index is -2.27. The van der Waals surface area contributed by atoms with E-state index >= 15 is 0 Å². The Morgan fingerprint density at radius 1 is 0.783 bits per heavy atom. The third-order valence-electron chi connectivity index (χ3n) is 7.59. The Kier molecular flexibility index (Phi) is 8.89. The third kappa shape index (κ3) is 5.02. The fourth-order valence-corrected chi connectivity index (χ4v) is 5.72. The van der Waals surface area contributed by atoms with Crippen LogP contribution in [0.3, 0.4) is 0 Å². The number of nitrogens with zero attached hydrogens (tertiary/aromatic N) is 4. The molecule has 0 unspecified atom stereocenters. The normalized spacial score (nSPS) is 20.1. The Morgan fingerprint density at radius 3 is 1.65 bits per heavy atom. The maximum Gasteiger partial charge on any atom is 0.358 e. The first-order valence-electron chi connectivity index (χ1n) is 14.3. The molecule has 3 N–H and O–H groups in total. The average molecular weight is 623 g/mol. The van der Waals surface area contributed by atoms with E-state index in [0.29, 0.717) is 33.4 Å². The number of ether oxygens (including phenoxy) is 2. The van der Waals surface area contributed by atoms with E-state index in [9.17, 15) is 19.2 Å². The lowest BCUT2D eigenvalue weighted by molar-refractivity contribution is -0.178.